The Bertz CT molecular complexity index is 582. The molecule has 90 valence electrons. The van der Waals surface area contributed by atoms with E-state index in [0.717, 1.165) is 30.4 Å². The maximum Gasteiger partial charge on any atom is 0.122 e. The summed E-state index contributed by atoms with van der Waals surface area (Å²) >= 11 is 0. The summed E-state index contributed by atoms with van der Waals surface area (Å²) in [5.74, 6) is 0.487. The van der Waals surface area contributed by atoms with E-state index in [0.29, 0.717) is 5.76 Å². The maximum absolute atomic E-state index is 10.4. The van der Waals surface area contributed by atoms with Crippen LogP contribution >= 0.6 is 0 Å². The highest BCUT2D eigenvalue weighted by molar-refractivity contribution is 5.67. The third kappa shape index (κ3) is 2.04. The molecule has 1 nitrogen and oxygen atoms in total. The molecule has 0 atom stereocenters. The molecule has 0 unspecified atom stereocenters. The first-order valence-electron chi connectivity index (χ1n) is 6.38. The lowest BCUT2D eigenvalue weighted by Crippen LogP contribution is -2.06. The zero-order chi connectivity index (χ0) is 12.4. The maximum atomic E-state index is 10.4. The molecule has 0 heterocycles. The van der Waals surface area contributed by atoms with Gasteiger partial charge in [-0.2, -0.15) is 0 Å². The van der Waals surface area contributed by atoms with Crippen LogP contribution in [-0.2, 0) is 12.8 Å². The fourth-order valence-corrected chi connectivity index (χ4v) is 2.58. The first kappa shape index (κ1) is 11.1. The van der Waals surface area contributed by atoms with Gasteiger partial charge in [-0.05, 0) is 36.0 Å². The van der Waals surface area contributed by atoms with Gasteiger partial charge in [0.15, 0.2) is 0 Å². The average molecular weight is 236 g/mol. The summed E-state index contributed by atoms with van der Waals surface area (Å²) in [5.41, 5.74) is 4.68. The predicted octanol–water partition coefficient (Wildman–Crippen LogP) is 4.14. The molecular formula is C17H16O. The van der Waals surface area contributed by atoms with E-state index in [1.54, 1.807) is 0 Å². The first-order chi connectivity index (χ1) is 8.84. The van der Waals surface area contributed by atoms with Gasteiger partial charge in [0.05, 0.1) is 0 Å². The van der Waals surface area contributed by atoms with Crippen molar-refractivity contribution in [2.75, 3.05) is 0 Å². The summed E-state index contributed by atoms with van der Waals surface area (Å²) in [6.07, 6.45) is 2.83. The largest absolute Gasteiger partial charge is 0.507 e. The van der Waals surface area contributed by atoms with E-state index in [1.165, 1.54) is 11.1 Å². The van der Waals surface area contributed by atoms with Crippen LogP contribution in [0.25, 0.3) is 5.76 Å². The second-order valence-corrected chi connectivity index (χ2v) is 4.77. The second-order valence-electron chi connectivity index (χ2n) is 4.77. The summed E-state index contributed by atoms with van der Waals surface area (Å²) in [6, 6.07) is 18.5. The van der Waals surface area contributed by atoms with Gasteiger partial charge >= 0.3 is 0 Å². The number of fused-ring (bicyclic) bond motifs is 1. The molecule has 0 aliphatic heterocycles. The summed E-state index contributed by atoms with van der Waals surface area (Å²) in [7, 11) is 0. The van der Waals surface area contributed by atoms with E-state index in [-0.39, 0.29) is 0 Å². The smallest absolute Gasteiger partial charge is 0.122 e. The molecule has 1 N–H and O–H groups in total. The Morgan fingerprint density at radius 2 is 1.56 bits per heavy atom. The van der Waals surface area contributed by atoms with Crippen molar-refractivity contribution in [3.05, 3.63) is 76.9 Å². The summed E-state index contributed by atoms with van der Waals surface area (Å²) in [5, 5.41) is 10.4. The van der Waals surface area contributed by atoms with E-state index >= 15 is 0 Å². The van der Waals surface area contributed by atoms with E-state index in [4.69, 9.17) is 0 Å². The lowest BCUT2D eigenvalue weighted by molar-refractivity contribution is 0.496. The normalized spacial score (nSPS) is 14.4. The number of rotatable bonds is 2. The fraction of sp³-hybridized carbons (Fsp3) is 0.176. The lowest BCUT2D eigenvalue weighted by atomic mass is 9.88. The van der Waals surface area contributed by atoms with E-state index in [2.05, 4.69) is 18.2 Å². The molecule has 0 fully saturated rings. The Kier molecular flexibility index (Phi) is 2.89. The standard InChI is InChI=1S/C17H16O/c18-17-15(12-13-6-2-1-3-7-13)11-10-14-8-4-5-9-16(14)17/h1-9,18H,10-12H2. The number of hydrogen-bond acceptors (Lipinski definition) is 1. The quantitative estimate of drug-likeness (QED) is 0.830. The van der Waals surface area contributed by atoms with Crippen molar-refractivity contribution < 1.29 is 5.11 Å². The van der Waals surface area contributed by atoms with Gasteiger partial charge in [-0.1, -0.05) is 54.6 Å². The Morgan fingerprint density at radius 1 is 0.833 bits per heavy atom. The monoisotopic (exact) mass is 236 g/mol. The van der Waals surface area contributed by atoms with Crippen molar-refractivity contribution in [3.63, 3.8) is 0 Å². The van der Waals surface area contributed by atoms with Crippen molar-refractivity contribution in [3.8, 4) is 0 Å². The molecule has 0 aromatic heterocycles. The molecule has 1 aliphatic carbocycles. The number of aliphatic hydroxyl groups is 1. The van der Waals surface area contributed by atoms with Crippen LogP contribution in [-0.4, -0.2) is 5.11 Å². The molecule has 2 aromatic carbocycles. The van der Waals surface area contributed by atoms with E-state index in [1.807, 2.05) is 36.4 Å². The van der Waals surface area contributed by atoms with Gasteiger partial charge in [0.1, 0.15) is 5.76 Å². The van der Waals surface area contributed by atoms with Gasteiger partial charge in [-0.25, -0.2) is 0 Å². The van der Waals surface area contributed by atoms with Crippen LogP contribution in [0.3, 0.4) is 0 Å². The van der Waals surface area contributed by atoms with Gasteiger partial charge < -0.3 is 5.11 Å². The van der Waals surface area contributed by atoms with Gasteiger partial charge in [-0.3, -0.25) is 0 Å². The minimum absolute atomic E-state index is 0.487. The fourth-order valence-electron chi connectivity index (χ4n) is 2.58. The van der Waals surface area contributed by atoms with Gasteiger partial charge in [0.25, 0.3) is 0 Å². The van der Waals surface area contributed by atoms with Crippen LogP contribution in [0, 0.1) is 0 Å². The van der Waals surface area contributed by atoms with Crippen molar-refractivity contribution in [1.82, 2.24) is 0 Å². The molecule has 2 aromatic rings. The van der Waals surface area contributed by atoms with Gasteiger partial charge in [0.2, 0.25) is 0 Å². The van der Waals surface area contributed by atoms with Crippen LogP contribution in [0.1, 0.15) is 23.1 Å². The Hall–Kier alpha value is -2.02. The summed E-state index contributed by atoms with van der Waals surface area (Å²) in [4.78, 5) is 0. The molecule has 0 bridgehead atoms. The molecule has 1 aliphatic rings. The minimum atomic E-state index is 0.487. The molecule has 3 rings (SSSR count). The number of allylic oxidation sites excluding steroid dienone is 1. The zero-order valence-corrected chi connectivity index (χ0v) is 10.3. The van der Waals surface area contributed by atoms with E-state index in [9.17, 15) is 5.11 Å². The number of aryl methyl sites for hydroxylation is 1. The molecule has 0 saturated heterocycles. The number of aliphatic hydroxyl groups excluding tert-OH is 1. The summed E-state index contributed by atoms with van der Waals surface area (Å²) in [6.45, 7) is 0. The topological polar surface area (TPSA) is 20.2 Å². The Labute approximate surface area is 107 Å². The first-order valence-corrected chi connectivity index (χ1v) is 6.38. The number of hydrogen-bond donors (Lipinski definition) is 1. The molecule has 0 spiro atoms. The summed E-state index contributed by atoms with van der Waals surface area (Å²) < 4.78 is 0. The van der Waals surface area contributed by atoms with Crippen molar-refractivity contribution in [2.45, 2.75) is 19.3 Å². The average Bonchev–Trinajstić information content (AvgIpc) is 2.43. The molecule has 0 radical (unpaired) electrons. The van der Waals surface area contributed by atoms with E-state index < -0.39 is 0 Å². The molecule has 0 amide bonds. The van der Waals surface area contributed by atoms with Crippen LogP contribution in [0.4, 0.5) is 0 Å². The van der Waals surface area contributed by atoms with Gasteiger partial charge in [-0.15, -0.1) is 0 Å². The van der Waals surface area contributed by atoms with Gasteiger partial charge in [0, 0.05) is 5.56 Å². The van der Waals surface area contributed by atoms with Crippen LogP contribution < -0.4 is 0 Å². The highest BCUT2D eigenvalue weighted by atomic mass is 16.3. The van der Waals surface area contributed by atoms with Crippen molar-refractivity contribution in [2.24, 2.45) is 0 Å². The molecule has 1 heteroatoms. The Morgan fingerprint density at radius 3 is 2.39 bits per heavy atom. The SMILES string of the molecule is OC1=C(Cc2ccccc2)CCc2ccccc21. The van der Waals surface area contributed by atoms with Crippen LogP contribution in [0.2, 0.25) is 0 Å². The third-order valence-corrected chi connectivity index (χ3v) is 3.56. The molecule has 0 saturated carbocycles. The van der Waals surface area contributed by atoms with Crippen LogP contribution in [0.5, 0.6) is 0 Å². The molecule has 18 heavy (non-hydrogen) atoms. The lowest BCUT2D eigenvalue weighted by Gasteiger charge is -2.19. The minimum Gasteiger partial charge on any atom is -0.507 e. The Balaban J connectivity index is 1.94. The highest BCUT2D eigenvalue weighted by Crippen LogP contribution is 2.31. The zero-order valence-electron chi connectivity index (χ0n) is 10.3. The highest BCUT2D eigenvalue weighted by Gasteiger charge is 2.17. The van der Waals surface area contributed by atoms with Crippen LogP contribution in [0.15, 0.2) is 60.2 Å². The third-order valence-electron chi connectivity index (χ3n) is 3.56. The molecular weight excluding hydrogens is 220 g/mol. The number of benzene rings is 2. The predicted molar refractivity (Wildman–Crippen MR) is 74.5 cm³/mol. The van der Waals surface area contributed by atoms with Crippen molar-refractivity contribution >= 4 is 5.76 Å². The van der Waals surface area contributed by atoms with Crippen molar-refractivity contribution in [1.29, 1.82) is 0 Å². The second kappa shape index (κ2) is 4.69.